The summed E-state index contributed by atoms with van der Waals surface area (Å²) in [7, 11) is 0. The van der Waals surface area contributed by atoms with Crippen LogP contribution in [0.4, 0.5) is 5.13 Å². The molecule has 0 radical (unpaired) electrons. The Bertz CT molecular complexity index is 1370. The van der Waals surface area contributed by atoms with Gasteiger partial charge in [-0.2, -0.15) is 0 Å². The summed E-state index contributed by atoms with van der Waals surface area (Å²) in [5, 5.41) is 2.89. The van der Waals surface area contributed by atoms with Crippen molar-refractivity contribution in [3.63, 3.8) is 0 Å². The van der Waals surface area contributed by atoms with Crippen LogP contribution in [-0.4, -0.2) is 17.5 Å². The lowest BCUT2D eigenvalue weighted by molar-refractivity contribution is 0.0971. The third-order valence-electron chi connectivity index (χ3n) is 5.35. The molecule has 0 spiro atoms. The number of ether oxygens (including phenoxy) is 1. The lowest BCUT2D eigenvalue weighted by Gasteiger charge is -2.22. The second-order valence-corrected chi connectivity index (χ2v) is 8.36. The number of anilines is 1. The molecule has 0 N–H and O–H groups in total. The Labute approximate surface area is 182 Å². The highest BCUT2D eigenvalue weighted by Gasteiger charge is 2.44. The number of thiazole rings is 1. The number of aromatic nitrogens is 1. The van der Waals surface area contributed by atoms with Gasteiger partial charge >= 0.3 is 0 Å². The molecular weight excluding hydrogens is 412 g/mol. The molecule has 4 aromatic rings. The SMILES string of the molecule is CCOc1ccc([C@H]2c3c(oc4ccc(C)cc4c3=O)C(=O)N2c2nc(C)cs2)cc1. The first-order valence-corrected chi connectivity index (χ1v) is 10.9. The number of rotatable bonds is 4. The fourth-order valence-electron chi connectivity index (χ4n) is 3.96. The van der Waals surface area contributed by atoms with Gasteiger partial charge < -0.3 is 9.15 Å². The summed E-state index contributed by atoms with van der Waals surface area (Å²) in [5.74, 6) is 0.449. The van der Waals surface area contributed by atoms with Crippen molar-refractivity contribution in [1.82, 2.24) is 4.98 Å². The molecule has 1 aliphatic heterocycles. The number of carbonyl (C=O) groups excluding carboxylic acids is 1. The molecule has 2 aromatic heterocycles. The van der Waals surface area contributed by atoms with E-state index in [2.05, 4.69) is 4.98 Å². The number of aryl methyl sites for hydroxylation is 2. The molecule has 31 heavy (non-hydrogen) atoms. The zero-order valence-corrected chi connectivity index (χ0v) is 18.2. The molecule has 0 fully saturated rings. The van der Waals surface area contributed by atoms with Crippen molar-refractivity contribution in [2.75, 3.05) is 11.5 Å². The second kappa shape index (κ2) is 7.35. The third kappa shape index (κ3) is 3.13. The predicted molar refractivity (Wildman–Crippen MR) is 120 cm³/mol. The number of hydrogen-bond acceptors (Lipinski definition) is 6. The van der Waals surface area contributed by atoms with E-state index in [4.69, 9.17) is 9.15 Å². The molecule has 5 rings (SSSR count). The Morgan fingerprint density at radius 2 is 1.90 bits per heavy atom. The van der Waals surface area contributed by atoms with E-state index in [0.29, 0.717) is 28.3 Å². The Morgan fingerprint density at radius 3 is 2.58 bits per heavy atom. The molecular formula is C24H20N2O4S. The van der Waals surface area contributed by atoms with Gasteiger partial charge in [0.2, 0.25) is 5.76 Å². The molecule has 7 heteroatoms. The molecule has 3 heterocycles. The summed E-state index contributed by atoms with van der Waals surface area (Å²) >= 11 is 1.37. The molecule has 1 aliphatic rings. The van der Waals surface area contributed by atoms with Crippen LogP contribution in [0.2, 0.25) is 0 Å². The standard InChI is InChI=1S/C24H20N2O4S/c1-4-29-16-8-6-15(7-9-16)20-19-21(27)17-11-13(2)5-10-18(17)30-22(19)23(28)26(20)24-25-14(3)12-31-24/h5-12,20H,4H2,1-3H3/t20-/m0/s1. The zero-order valence-electron chi connectivity index (χ0n) is 17.3. The van der Waals surface area contributed by atoms with E-state index in [1.54, 1.807) is 17.0 Å². The lowest BCUT2D eigenvalue weighted by atomic mass is 9.98. The van der Waals surface area contributed by atoms with Crippen LogP contribution in [0.25, 0.3) is 11.0 Å². The van der Waals surface area contributed by atoms with Crippen LogP contribution in [-0.2, 0) is 0 Å². The van der Waals surface area contributed by atoms with Gasteiger partial charge in [0.05, 0.1) is 29.3 Å². The van der Waals surface area contributed by atoms with E-state index in [0.717, 1.165) is 22.6 Å². The van der Waals surface area contributed by atoms with E-state index in [9.17, 15) is 9.59 Å². The molecule has 0 bridgehead atoms. The molecule has 1 amide bonds. The Morgan fingerprint density at radius 1 is 1.13 bits per heavy atom. The fraction of sp³-hybridized carbons (Fsp3) is 0.208. The molecule has 0 saturated heterocycles. The summed E-state index contributed by atoms with van der Waals surface area (Å²) in [6.45, 7) is 6.28. The van der Waals surface area contributed by atoms with E-state index in [-0.39, 0.29) is 17.1 Å². The molecule has 156 valence electrons. The normalized spacial score (nSPS) is 15.5. The van der Waals surface area contributed by atoms with E-state index < -0.39 is 6.04 Å². The fourth-order valence-corrected chi connectivity index (χ4v) is 4.79. The van der Waals surface area contributed by atoms with Crippen molar-refractivity contribution in [1.29, 1.82) is 0 Å². The van der Waals surface area contributed by atoms with Crippen molar-refractivity contribution in [2.24, 2.45) is 0 Å². The average molecular weight is 433 g/mol. The number of nitrogens with zero attached hydrogens (tertiary/aromatic N) is 2. The Kier molecular flexibility index (Phi) is 4.63. The highest BCUT2D eigenvalue weighted by molar-refractivity contribution is 7.14. The van der Waals surface area contributed by atoms with Crippen LogP contribution in [0.15, 0.2) is 57.1 Å². The molecule has 0 unspecified atom stereocenters. The van der Waals surface area contributed by atoms with Gasteiger partial charge in [-0.1, -0.05) is 23.8 Å². The second-order valence-electron chi connectivity index (χ2n) is 7.52. The van der Waals surface area contributed by atoms with Gasteiger partial charge in [-0.25, -0.2) is 4.98 Å². The number of fused-ring (bicyclic) bond motifs is 2. The van der Waals surface area contributed by atoms with Gasteiger partial charge in [0, 0.05) is 5.38 Å². The van der Waals surface area contributed by atoms with Gasteiger partial charge in [-0.15, -0.1) is 11.3 Å². The number of carbonyl (C=O) groups is 1. The van der Waals surface area contributed by atoms with Crippen LogP contribution in [0.5, 0.6) is 5.75 Å². The maximum Gasteiger partial charge on any atom is 0.297 e. The first-order valence-electron chi connectivity index (χ1n) is 10.0. The van der Waals surface area contributed by atoms with E-state index in [1.807, 2.05) is 56.5 Å². The van der Waals surface area contributed by atoms with Crippen molar-refractivity contribution < 1.29 is 13.9 Å². The number of benzene rings is 2. The summed E-state index contributed by atoms with van der Waals surface area (Å²) in [4.78, 5) is 33.1. The summed E-state index contributed by atoms with van der Waals surface area (Å²) in [6.07, 6.45) is 0. The van der Waals surface area contributed by atoms with Gasteiger partial charge in [0.15, 0.2) is 10.6 Å². The van der Waals surface area contributed by atoms with Crippen LogP contribution in [0.3, 0.4) is 0 Å². The largest absolute Gasteiger partial charge is 0.494 e. The van der Waals surface area contributed by atoms with Gasteiger partial charge in [-0.3, -0.25) is 14.5 Å². The topological polar surface area (TPSA) is 72.6 Å². The van der Waals surface area contributed by atoms with Gasteiger partial charge in [0.1, 0.15) is 11.3 Å². The Hall–Kier alpha value is -3.45. The highest BCUT2D eigenvalue weighted by atomic mass is 32.1. The molecule has 2 aromatic carbocycles. The monoisotopic (exact) mass is 432 g/mol. The van der Waals surface area contributed by atoms with E-state index >= 15 is 0 Å². The van der Waals surface area contributed by atoms with Crippen molar-refractivity contribution in [3.8, 4) is 5.75 Å². The molecule has 6 nitrogen and oxygen atoms in total. The van der Waals surface area contributed by atoms with Crippen LogP contribution in [0, 0.1) is 13.8 Å². The summed E-state index contributed by atoms with van der Waals surface area (Å²) < 4.78 is 11.5. The zero-order chi connectivity index (χ0) is 21.7. The first kappa shape index (κ1) is 19.5. The maximum absolute atomic E-state index is 13.6. The van der Waals surface area contributed by atoms with Gasteiger partial charge in [-0.05, 0) is 50.6 Å². The van der Waals surface area contributed by atoms with E-state index in [1.165, 1.54) is 11.3 Å². The van der Waals surface area contributed by atoms with Gasteiger partial charge in [0.25, 0.3) is 5.91 Å². The minimum atomic E-state index is -0.620. The van der Waals surface area contributed by atoms with Crippen molar-refractivity contribution >= 4 is 33.3 Å². The van der Waals surface area contributed by atoms with Crippen molar-refractivity contribution in [3.05, 3.63) is 86.2 Å². The number of amides is 1. The highest BCUT2D eigenvalue weighted by Crippen LogP contribution is 2.42. The molecule has 0 saturated carbocycles. The minimum absolute atomic E-state index is 0.0769. The van der Waals surface area contributed by atoms with Crippen LogP contribution >= 0.6 is 11.3 Å². The molecule has 0 aliphatic carbocycles. The Balaban J connectivity index is 1.76. The third-order valence-corrected chi connectivity index (χ3v) is 6.30. The van der Waals surface area contributed by atoms with Crippen LogP contribution in [0.1, 0.15) is 45.9 Å². The predicted octanol–water partition coefficient (Wildman–Crippen LogP) is 5.01. The smallest absolute Gasteiger partial charge is 0.297 e. The lowest BCUT2D eigenvalue weighted by Crippen LogP contribution is -2.29. The number of hydrogen-bond donors (Lipinski definition) is 0. The maximum atomic E-state index is 13.6. The van der Waals surface area contributed by atoms with Crippen LogP contribution < -0.4 is 15.1 Å². The minimum Gasteiger partial charge on any atom is -0.494 e. The summed E-state index contributed by atoms with van der Waals surface area (Å²) in [6, 6.07) is 12.2. The quantitative estimate of drug-likeness (QED) is 0.453. The molecule has 1 atom stereocenters. The summed E-state index contributed by atoms with van der Waals surface area (Å²) in [5.41, 5.74) is 3.12. The first-order chi connectivity index (χ1) is 15.0. The van der Waals surface area contributed by atoms with Crippen molar-refractivity contribution in [2.45, 2.75) is 26.8 Å². The average Bonchev–Trinajstić information content (AvgIpc) is 3.31.